The normalized spacial score (nSPS) is 18.4. The molecular weight excluding hydrogens is 274 g/mol. The van der Waals surface area contributed by atoms with E-state index in [0.717, 1.165) is 19.4 Å². The largest absolute Gasteiger partial charge is 0.376 e. The maximum atomic E-state index is 5.66. The van der Waals surface area contributed by atoms with Crippen molar-refractivity contribution in [2.24, 2.45) is 5.84 Å². The molecule has 112 valence electrons. The van der Waals surface area contributed by atoms with Crippen LogP contribution in [0.3, 0.4) is 0 Å². The number of hydrogen-bond acceptors (Lipinski definition) is 9. The number of hydrogen-bond donors (Lipinski definition) is 3. The number of nitrogens with two attached hydrogens (primary N) is 1. The standard InChI is InChI=1S/C11H17N9O/c12-19-10-16-9(14-5-8-3-1-2-4-21-8)17-11(18-10)20-7-13-6-15-20/h6-8H,1-5,12H2,(H2,14,16,17,18,19). The molecule has 1 fully saturated rings. The topological polar surface area (TPSA) is 129 Å². The second kappa shape index (κ2) is 6.41. The van der Waals surface area contributed by atoms with Crippen molar-refractivity contribution in [1.29, 1.82) is 0 Å². The lowest BCUT2D eigenvalue weighted by Crippen LogP contribution is -2.28. The molecule has 1 atom stereocenters. The van der Waals surface area contributed by atoms with Gasteiger partial charge in [0.25, 0.3) is 5.95 Å². The predicted molar refractivity (Wildman–Crippen MR) is 74.6 cm³/mol. The fourth-order valence-electron chi connectivity index (χ4n) is 2.10. The second-order valence-electron chi connectivity index (χ2n) is 4.64. The first-order valence-electron chi connectivity index (χ1n) is 6.78. The lowest BCUT2D eigenvalue weighted by Gasteiger charge is -2.22. The molecule has 10 heteroatoms. The second-order valence-corrected chi connectivity index (χ2v) is 4.64. The first kappa shape index (κ1) is 13.6. The number of nitrogens with zero attached hydrogens (tertiary/aromatic N) is 6. The lowest BCUT2D eigenvalue weighted by atomic mass is 10.1. The minimum absolute atomic E-state index is 0.180. The van der Waals surface area contributed by atoms with Gasteiger partial charge < -0.3 is 10.1 Å². The van der Waals surface area contributed by atoms with Crippen LogP contribution in [0.25, 0.3) is 5.95 Å². The summed E-state index contributed by atoms with van der Waals surface area (Å²) >= 11 is 0. The zero-order valence-electron chi connectivity index (χ0n) is 11.4. The number of hydrazine groups is 1. The third-order valence-corrected chi connectivity index (χ3v) is 3.14. The van der Waals surface area contributed by atoms with E-state index >= 15 is 0 Å². The van der Waals surface area contributed by atoms with Crippen LogP contribution in [0, 0.1) is 0 Å². The van der Waals surface area contributed by atoms with Crippen molar-refractivity contribution in [2.75, 3.05) is 23.9 Å². The van der Waals surface area contributed by atoms with E-state index in [2.05, 4.69) is 35.8 Å². The number of nitrogens with one attached hydrogen (secondary N) is 2. The average Bonchev–Trinajstić information content (AvgIpc) is 3.08. The van der Waals surface area contributed by atoms with Crippen molar-refractivity contribution in [3.8, 4) is 5.95 Å². The molecule has 10 nitrogen and oxygen atoms in total. The highest BCUT2D eigenvalue weighted by atomic mass is 16.5. The monoisotopic (exact) mass is 291 g/mol. The fraction of sp³-hybridized carbons (Fsp3) is 0.545. The molecule has 0 saturated carbocycles. The van der Waals surface area contributed by atoms with Gasteiger partial charge in [0.15, 0.2) is 0 Å². The van der Waals surface area contributed by atoms with E-state index in [0.29, 0.717) is 18.4 Å². The molecule has 1 aliphatic heterocycles. The summed E-state index contributed by atoms with van der Waals surface area (Å²) in [7, 11) is 0. The van der Waals surface area contributed by atoms with Gasteiger partial charge in [-0.2, -0.15) is 24.7 Å². The van der Waals surface area contributed by atoms with Crippen LogP contribution in [0.4, 0.5) is 11.9 Å². The van der Waals surface area contributed by atoms with E-state index < -0.39 is 0 Å². The zero-order valence-corrected chi connectivity index (χ0v) is 11.4. The molecule has 0 spiro atoms. The summed E-state index contributed by atoms with van der Waals surface area (Å²) in [5.74, 6) is 6.38. The number of rotatable bonds is 5. The minimum Gasteiger partial charge on any atom is -0.376 e. The molecule has 2 aromatic rings. The van der Waals surface area contributed by atoms with Crippen molar-refractivity contribution >= 4 is 11.9 Å². The molecule has 3 heterocycles. The molecule has 0 amide bonds. The van der Waals surface area contributed by atoms with Gasteiger partial charge in [0, 0.05) is 13.2 Å². The number of ether oxygens (including phenoxy) is 1. The molecule has 4 N–H and O–H groups in total. The molecule has 21 heavy (non-hydrogen) atoms. The highest BCUT2D eigenvalue weighted by Crippen LogP contribution is 2.14. The Kier molecular flexibility index (Phi) is 4.17. The number of aromatic nitrogens is 6. The Hall–Kier alpha value is -2.33. The van der Waals surface area contributed by atoms with Crippen molar-refractivity contribution in [1.82, 2.24) is 29.7 Å². The van der Waals surface area contributed by atoms with Gasteiger partial charge in [-0.25, -0.2) is 10.8 Å². The Balaban J connectivity index is 1.73. The average molecular weight is 291 g/mol. The molecule has 0 radical (unpaired) electrons. The summed E-state index contributed by atoms with van der Waals surface area (Å²) in [5.41, 5.74) is 2.41. The molecule has 0 aromatic carbocycles. The van der Waals surface area contributed by atoms with E-state index in [-0.39, 0.29) is 12.1 Å². The molecule has 1 unspecified atom stereocenters. The Labute approximate surface area is 121 Å². The quantitative estimate of drug-likeness (QED) is 0.503. The van der Waals surface area contributed by atoms with Crippen LogP contribution >= 0.6 is 0 Å². The highest BCUT2D eigenvalue weighted by Gasteiger charge is 2.15. The van der Waals surface area contributed by atoms with Crippen LogP contribution in [-0.2, 0) is 4.74 Å². The summed E-state index contributed by atoms with van der Waals surface area (Å²) in [6.07, 6.45) is 6.44. The molecule has 1 saturated heterocycles. The summed E-state index contributed by atoms with van der Waals surface area (Å²) in [4.78, 5) is 16.4. The van der Waals surface area contributed by atoms with E-state index in [9.17, 15) is 0 Å². The van der Waals surface area contributed by atoms with E-state index in [1.54, 1.807) is 0 Å². The Morgan fingerprint density at radius 3 is 2.90 bits per heavy atom. The van der Waals surface area contributed by atoms with Gasteiger partial charge in [0.1, 0.15) is 12.7 Å². The van der Waals surface area contributed by atoms with Gasteiger partial charge in [-0.15, -0.1) is 0 Å². The van der Waals surface area contributed by atoms with Gasteiger partial charge in [-0.05, 0) is 19.3 Å². The molecule has 2 aromatic heterocycles. The van der Waals surface area contributed by atoms with Crippen LogP contribution in [0.5, 0.6) is 0 Å². The summed E-state index contributed by atoms with van der Waals surface area (Å²) in [6.45, 7) is 1.45. The third-order valence-electron chi connectivity index (χ3n) is 3.14. The molecule has 1 aliphatic rings. The van der Waals surface area contributed by atoms with Crippen LogP contribution in [0.2, 0.25) is 0 Å². The first-order valence-corrected chi connectivity index (χ1v) is 6.78. The summed E-state index contributed by atoms with van der Waals surface area (Å²) < 4.78 is 7.09. The maximum Gasteiger partial charge on any atom is 0.258 e. The molecular formula is C11H17N9O. The first-order chi connectivity index (χ1) is 10.3. The number of nitrogen functional groups attached to an aromatic ring is 1. The Morgan fingerprint density at radius 2 is 2.19 bits per heavy atom. The lowest BCUT2D eigenvalue weighted by molar-refractivity contribution is 0.0246. The molecule has 0 bridgehead atoms. The van der Waals surface area contributed by atoms with Gasteiger partial charge >= 0.3 is 0 Å². The van der Waals surface area contributed by atoms with Gasteiger partial charge in [0.2, 0.25) is 11.9 Å². The Bertz CT molecular complexity index is 567. The minimum atomic E-state index is 0.180. The smallest absolute Gasteiger partial charge is 0.258 e. The van der Waals surface area contributed by atoms with Gasteiger partial charge in [0.05, 0.1) is 6.10 Å². The van der Waals surface area contributed by atoms with Crippen molar-refractivity contribution in [3.05, 3.63) is 12.7 Å². The van der Waals surface area contributed by atoms with E-state index in [1.807, 2.05) is 0 Å². The van der Waals surface area contributed by atoms with Crippen molar-refractivity contribution < 1.29 is 4.74 Å². The van der Waals surface area contributed by atoms with E-state index in [4.69, 9.17) is 10.6 Å². The zero-order chi connectivity index (χ0) is 14.5. The van der Waals surface area contributed by atoms with Crippen LogP contribution in [0.1, 0.15) is 19.3 Å². The summed E-state index contributed by atoms with van der Waals surface area (Å²) in [5, 5.41) is 7.13. The maximum absolute atomic E-state index is 5.66. The summed E-state index contributed by atoms with van der Waals surface area (Å²) in [6, 6.07) is 0. The Morgan fingerprint density at radius 1 is 1.29 bits per heavy atom. The van der Waals surface area contributed by atoms with Crippen LogP contribution in [0.15, 0.2) is 12.7 Å². The van der Waals surface area contributed by atoms with Gasteiger partial charge in [-0.3, -0.25) is 5.43 Å². The van der Waals surface area contributed by atoms with Crippen molar-refractivity contribution in [2.45, 2.75) is 25.4 Å². The highest BCUT2D eigenvalue weighted by molar-refractivity contribution is 5.36. The SMILES string of the molecule is NNc1nc(NCC2CCCCO2)nc(-n2cncn2)n1. The van der Waals surface area contributed by atoms with Crippen molar-refractivity contribution in [3.63, 3.8) is 0 Å². The third kappa shape index (κ3) is 3.41. The van der Waals surface area contributed by atoms with Crippen LogP contribution < -0.4 is 16.6 Å². The predicted octanol–water partition coefficient (Wildman–Crippen LogP) is -0.281. The van der Waals surface area contributed by atoms with Crippen LogP contribution in [-0.4, -0.2) is 49.0 Å². The molecule has 3 rings (SSSR count). The van der Waals surface area contributed by atoms with E-state index in [1.165, 1.54) is 23.8 Å². The van der Waals surface area contributed by atoms with Gasteiger partial charge in [-0.1, -0.05) is 0 Å². The fourth-order valence-corrected chi connectivity index (χ4v) is 2.10. The number of anilines is 2. The molecule has 0 aliphatic carbocycles.